The van der Waals surface area contributed by atoms with E-state index in [0.29, 0.717) is 37.2 Å². The highest BCUT2D eigenvalue weighted by molar-refractivity contribution is 5.77. The molecule has 0 aliphatic heterocycles. The summed E-state index contributed by atoms with van der Waals surface area (Å²) in [6.45, 7) is 6.56. The number of carbonyl (C=O) groups is 2. The summed E-state index contributed by atoms with van der Waals surface area (Å²) in [4.78, 5) is 26.0. The first-order valence-corrected chi connectivity index (χ1v) is 12.2. The summed E-state index contributed by atoms with van der Waals surface area (Å²) in [5.74, 6) is -1.86. The molecule has 35 heavy (non-hydrogen) atoms. The van der Waals surface area contributed by atoms with Crippen molar-refractivity contribution >= 4 is 12.0 Å². The maximum Gasteiger partial charge on any atom is 0.347 e. The molecule has 0 aliphatic carbocycles. The summed E-state index contributed by atoms with van der Waals surface area (Å²) in [6.07, 6.45) is 3.99. The average Bonchev–Trinajstić information content (AvgIpc) is 2.82. The summed E-state index contributed by atoms with van der Waals surface area (Å²) in [5, 5.41) is 12.4. The highest BCUT2D eigenvalue weighted by atomic mass is 19.1. The number of benzene rings is 2. The molecule has 0 spiro atoms. The van der Waals surface area contributed by atoms with Gasteiger partial charge in [0.2, 0.25) is 5.60 Å². The topological polar surface area (TPSA) is 78.9 Å². The van der Waals surface area contributed by atoms with Crippen LogP contribution in [0.5, 0.6) is 5.75 Å². The van der Waals surface area contributed by atoms with Gasteiger partial charge < -0.3 is 20.1 Å². The first-order chi connectivity index (χ1) is 16.7. The van der Waals surface area contributed by atoms with Gasteiger partial charge >= 0.3 is 12.0 Å². The standard InChI is InChI=1S/C27H36F2N2O4/c1-4-6-7-15-30-26(34)31(17-14-21-11-12-22(28)19-24(21)29)16-13-20-9-8-10-23(18-20)35-27(3,5-2)25(32)33/h8-12,18-19H,4-7,13-17H2,1-3H3,(H,30,34)(H,32,33)/t27-/m0/s1. The molecule has 2 N–H and O–H groups in total. The zero-order valence-electron chi connectivity index (χ0n) is 20.8. The monoisotopic (exact) mass is 490 g/mol. The molecule has 0 fully saturated rings. The van der Waals surface area contributed by atoms with Crippen LogP contribution in [0.4, 0.5) is 13.6 Å². The Balaban J connectivity index is 2.08. The summed E-state index contributed by atoms with van der Waals surface area (Å²) >= 11 is 0. The van der Waals surface area contributed by atoms with Crippen LogP contribution < -0.4 is 10.1 Å². The fraction of sp³-hybridized carbons (Fsp3) is 0.481. The molecule has 6 nitrogen and oxygen atoms in total. The number of nitrogens with one attached hydrogen (secondary N) is 1. The molecule has 0 aromatic heterocycles. The van der Waals surface area contributed by atoms with E-state index in [-0.39, 0.29) is 19.0 Å². The van der Waals surface area contributed by atoms with Crippen LogP contribution in [0.25, 0.3) is 0 Å². The van der Waals surface area contributed by atoms with Gasteiger partial charge in [-0.05, 0) is 61.9 Å². The number of rotatable bonds is 14. The van der Waals surface area contributed by atoms with E-state index in [1.54, 1.807) is 30.0 Å². The van der Waals surface area contributed by atoms with Crippen LogP contribution in [0.2, 0.25) is 0 Å². The smallest absolute Gasteiger partial charge is 0.347 e. The molecule has 1 atom stereocenters. The van der Waals surface area contributed by atoms with E-state index in [1.165, 1.54) is 19.1 Å². The maximum absolute atomic E-state index is 14.1. The first-order valence-electron chi connectivity index (χ1n) is 12.2. The molecule has 0 aliphatic rings. The molecule has 0 radical (unpaired) electrons. The molecule has 0 unspecified atom stereocenters. The second-order valence-electron chi connectivity index (χ2n) is 8.80. The molecule has 0 heterocycles. The minimum absolute atomic E-state index is 0.236. The summed E-state index contributed by atoms with van der Waals surface area (Å²) in [7, 11) is 0. The van der Waals surface area contributed by atoms with E-state index in [4.69, 9.17) is 4.74 Å². The van der Waals surface area contributed by atoms with Gasteiger partial charge in [0.05, 0.1) is 0 Å². The van der Waals surface area contributed by atoms with Crippen LogP contribution in [-0.2, 0) is 17.6 Å². The number of amides is 2. The van der Waals surface area contributed by atoms with Gasteiger partial charge in [0.1, 0.15) is 17.4 Å². The fourth-order valence-electron chi connectivity index (χ4n) is 3.53. The Morgan fingerprint density at radius 3 is 2.46 bits per heavy atom. The minimum atomic E-state index is -1.33. The predicted octanol–water partition coefficient (Wildman–Crippen LogP) is 5.58. The molecular formula is C27H36F2N2O4. The van der Waals surface area contributed by atoms with Gasteiger partial charge in [0.25, 0.3) is 0 Å². The number of carbonyl (C=O) groups excluding carboxylic acids is 1. The zero-order valence-corrected chi connectivity index (χ0v) is 20.8. The second-order valence-corrected chi connectivity index (χ2v) is 8.80. The van der Waals surface area contributed by atoms with Gasteiger partial charge in [0, 0.05) is 25.7 Å². The molecule has 2 amide bonds. The number of nitrogens with zero attached hydrogens (tertiary/aromatic N) is 1. The van der Waals surface area contributed by atoms with Crippen molar-refractivity contribution in [3.8, 4) is 5.75 Å². The van der Waals surface area contributed by atoms with E-state index in [9.17, 15) is 23.5 Å². The van der Waals surface area contributed by atoms with Crippen LogP contribution in [0.3, 0.4) is 0 Å². The number of halogens is 2. The van der Waals surface area contributed by atoms with Crippen molar-refractivity contribution < 1.29 is 28.2 Å². The van der Waals surface area contributed by atoms with E-state index in [2.05, 4.69) is 12.2 Å². The largest absolute Gasteiger partial charge is 0.478 e. The van der Waals surface area contributed by atoms with Crippen molar-refractivity contribution in [1.82, 2.24) is 10.2 Å². The highest BCUT2D eigenvalue weighted by Crippen LogP contribution is 2.23. The lowest BCUT2D eigenvalue weighted by Gasteiger charge is -2.25. The Labute approximate surface area is 206 Å². The average molecular weight is 491 g/mol. The lowest BCUT2D eigenvalue weighted by molar-refractivity contribution is -0.154. The van der Waals surface area contributed by atoms with Crippen LogP contribution in [0.15, 0.2) is 42.5 Å². The van der Waals surface area contributed by atoms with Crippen molar-refractivity contribution in [2.24, 2.45) is 0 Å². The van der Waals surface area contributed by atoms with Crippen molar-refractivity contribution in [1.29, 1.82) is 0 Å². The van der Waals surface area contributed by atoms with Crippen molar-refractivity contribution in [3.05, 3.63) is 65.2 Å². The number of hydrogen-bond acceptors (Lipinski definition) is 3. The van der Waals surface area contributed by atoms with Crippen molar-refractivity contribution in [3.63, 3.8) is 0 Å². The van der Waals surface area contributed by atoms with Gasteiger partial charge in [-0.2, -0.15) is 0 Å². The highest BCUT2D eigenvalue weighted by Gasteiger charge is 2.33. The SMILES string of the molecule is CCCCCNC(=O)N(CCc1cccc(O[C@@](C)(CC)C(=O)O)c1)CCc1ccc(F)cc1F. The Bertz CT molecular complexity index is 985. The number of aliphatic carboxylic acids is 1. The molecule has 2 aromatic rings. The minimum Gasteiger partial charge on any atom is -0.478 e. The van der Waals surface area contributed by atoms with E-state index < -0.39 is 23.2 Å². The molecule has 2 aromatic carbocycles. The van der Waals surface area contributed by atoms with Gasteiger partial charge in [-0.3, -0.25) is 0 Å². The van der Waals surface area contributed by atoms with Crippen molar-refractivity contribution in [2.75, 3.05) is 19.6 Å². The Hall–Kier alpha value is -3.16. The quantitative estimate of drug-likeness (QED) is 0.339. The van der Waals surface area contributed by atoms with Gasteiger partial charge in [-0.25, -0.2) is 18.4 Å². The predicted molar refractivity (Wildman–Crippen MR) is 132 cm³/mol. The number of unbranched alkanes of at least 4 members (excludes halogenated alkanes) is 2. The number of carboxylic acid groups (broad SMARTS) is 1. The van der Waals surface area contributed by atoms with Gasteiger partial charge in [-0.1, -0.05) is 44.9 Å². The lowest BCUT2D eigenvalue weighted by atomic mass is 10.0. The normalized spacial score (nSPS) is 12.6. The number of carboxylic acids is 1. The van der Waals surface area contributed by atoms with Crippen LogP contribution in [0.1, 0.15) is 57.6 Å². The molecule has 0 bridgehead atoms. The maximum atomic E-state index is 14.1. The second kappa shape index (κ2) is 13.7. The first kappa shape index (κ1) is 28.1. The number of urea groups is 1. The third-order valence-corrected chi connectivity index (χ3v) is 6.05. The number of ether oxygens (including phenoxy) is 1. The van der Waals surface area contributed by atoms with Crippen molar-refractivity contribution in [2.45, 2.75) is 64.9 Å². The third kappa shape index (κ3) is 8.85. The van der Waals surface area contributed by atoms with Crippen LogP contribution in [-0.4, -0.2) is 47.2 Å². The van der Waals surface area contributed by atoms with E-state index >= 15 is 0 Å². The summed E-state index contributed by atoms with van der Waals surface area (Å²) in [5.41, 5.74) is -0.108. The van der Waals surface area contributed by atoms with Gasteiger partial charge in [0.15, 0.2) is 0 Å². The zero-order chi connectivity index (χ0) is 25.8. The molecule has 8 heteroatoms. The van der Waals surface area contributed by atoms with Gasteiger partial charge in [-0.15, -0.1) is 0 Å². The fourth-order valence-corrected chi connectivity index (χ4v) is 3.53. The van der Waals surface area contributed by atoms with Crippen LogP contribution >= 0.6 is 0 Å². The molecule has 2 rings (SSSR count). The Kier molecular flexibility index (Phi) is 11.0. The molecule has 0 saturated carbocycles. The summed E-state index contributed by atoms with van der Waals surface area (Å²) < 4.78 is 33.1. The number of hydrogen-bond donors (Lipinski definition) is 2. The lowest BCUT2D eigenvalue weighted by Crippen LogP contribution is -2.42. The summed E-state index contributed by atoms with van der Waals surface area (Å²) in [6, 6.07) is 10.4. The Morgan fingerprint density at radius 1 is 1.06 bits per heavy atom. The molecule has 192 valence electrons. The van der Waals surface area contributed by atoms with E-state index in [1.807, 2.05) is 6.07 Å². The molecule has 0 saturated heterocycles. The molecular weight excluding hydrogens is 454 g/mol. The van der Waals surface area contributed by atoms with Crippen LogP contribution in [0, 0.1) is 11.6 Å². The van der Waals surface area contributed by atoms with E-state index in [0.717, 1.165) is 30.9 Å². The Morgan fingerprint density at radius 2 is 1.80 bits per heavy atom. The third-order valence-electron chi connectivity index (χ3n) is 6.05.